The molecule has 6 heteroatoms. The lowest BCUT2D eigenvalue weighted by atomic mass is 9.99. The zero-order valence-electron chi connectivity index (χ0n) is 11.4. The topological polar surface area (TPSA) is 99.4 Å². The average molecular weight is 278 g/mol. The Morgan fingerprint density at radius 3 is 2.26 bits per heavy atom. The Morgan fingerprint density at radius 1 is 0.947 bits per heavy atom. The molecule has 6 nitrogen and oxygen atoms in total. The van der Waals surface area contributed by atoms with Crippen molar-refractivity contribution in [2.75, 3.05) is 13.2 Å². The van der Waals surface area contributed by atoms with Crippen LogP contribution in [0.15, 0.2) is 0 Å². The van der Waals surface area contributed by atoms with Crippen LogP contribution >= 0.6 is 0 Å². The first-order valence-electron chi connectivity index (χ1n) is 7.04. The van der Waals surface area contributed by atoms with Crippen molar-refractivity contribution in [3.63, 3.8) is 0 Å². The molecule has 0 aromatic rings. The molecule has 1 aliphatic heterocycles. The van der Waals surface area contributed by atoms with E-state index in [1.54, 1.807) is 0 Å². The van der Waals surface area contributed by atoms with Gasteiger partial charge >= 0.3 is 0 Å². The Hall–Kier alpha value is -0.240. The fourth-order valence-corrected chi connectivity index (χ4v) is 2.11. The predicted molar refractivity (Wildman–Crippen MR) is 68.5 cm³/mol. The molecule has 4 N–H and O–H groups in total. The second-order valence-electron chi connectivity index (χ2n) is 4.98. The van der Waals surface area contributed by atoms with Gasteiger partial charge in [0.1, 0.15) is 24.4 Å². The number of ether oxygens (including phenoxy) is 2. The number of hydrogen-bond acceptors (Lipinski definition) is 6. The van der Waals surface area contributed by atoms with Gasteiger partial charge in [0.2, 0.25) is 0 Å². The fraction of sp³-hybridized carbons (Fsp3) is 1.00. The number of aliphatic hydroxyl groups excluding tert-OH is 4. The van der Waals surface area contributed by atoms with E-state index in [1.807, 2.05) is 0 Å². The summed E-state index contributed by atoms with van der Waals surface area (Å²) in [5.41, 5.74) is 0. The van der Waals surface area contributed by atoms with E-state index in [9.17, 15) is 15.3 Å². The van der Waals surface area contributed by atoms with Crippen LogP contribution in [0.2, 0.25) is 0 Å². The fourth-order valence-electron chi connectivity index (χ4n) is 2.11. The van der Waals surface area contributed by atoms with Gasteiger partial charge in [-0.3, -0.25) is 0 Å². The number of rotatable bonds is 8. The highest BCUT2D eigenvalue weighted by Crippen LogP contribution is 2.22. The molecular formula is C13H26O6. The molecule has 0 saturated carbocycles. The first kappa shape index (κ1) is 16.8. The van der Waals surface area contributed by atoms with Crippen molar-refractivity contribution >= 4 is 0 Å². The van der Waals surface area contributed by atoms with Gasteiger partial charge in [-0.05, 0) is 6.42 Å². The van der Waals surface area contributed by atoms with E-state index in [1.165, 1.54) is 12.8 Å². The Labute approximate surface area is 114 Å². The van der Waals surface area contributed by atoms with E-state index in [2.05, 4.69) is 6.92 Å². The molecule has 0 aliphatic carbocycles. The first-order chi connectivity index (χ1) is 9.11. The molecule has 1 saturated heterocycles. The monoisotopic (exact) mass is 278 g/mol. The predicted octanol–water partition coefficient (Wildman–Crippen LogP) is -0.227. The van der Waals surface area contributed by atoms with Gasteiger partial charge < -0.3 is 29.9 Å². The Morgan fingerprint density at radius 2 is 1.63 bits per heavy atom. The van der Waals surface area contributed by atoms with Crippen LogP contribution in [0, 0.1) is 0 Å². The minimum atomic E-state index is -1.36. The molecular weight excluding hydrogens is 252 g/mol. The van der Waals surface area contributed by atoms with Crippen molar-refractivity contribution in [2.45, 2.75) is 69.7 Å². The van der Waals surface area contributed by atoms with Crippen LogP contribution in [0.1, 0.15) is 39.0 Å². The Bertz CT molecular complexity index is 235. The largest absolute Gasteiger partial charge is 0.394 e. The standard InChI is InChI=1S/C13H26O6/c1-2-3-4-5-6-7-18-13-12(17)11(16)10(15)9(8-14)19-13/h9-17H,2-8H2,1H3/t9-,10-,11+,12+,13?/m1/s1. The van der Waals surface area contributed by atoms with E-state index in [0.29, 0.717) is 6.61 Å². The highest BCUT2D eigenvalue weighted by Gasteiger charge is 2.43. The molecule has 1 aliphatic rings. The van der Waals surface area contributed by atoms with Crippen LogP contribution < -0.4 is 0 Å². The van der Waals surface area contributed by atoms with Gasteiger partial charge in [-0.1, -0.05) is 32.6 Å². The van der Waals surface area contributed by atoms with Gasteiger partial charge in [0.05, 0.1) is 6.61 Å². The molecule has 0 aromatic heterocycles. The van der Waals surface area contributed by atoms with Gasteiger partial charge in [0.15, 0.2) is 6.29 Å². The van der Waals surface area contributed by atoms with E-state index < -0.39 is 37.3 Å². The number of hydrogen-bond donors (Lipinski definition) is 4. The van der Waals surface area contributed by atoms with E-state index >= 15 is 0 Å². The highest BCUT2D eigenvalue weighted by atomic mass is 16.7. The first-order valence-corrected chi connectivity index (χ1v) is 7.04. The third kappa shape index (κ3) is 4.98. The summed E-state index contributed by atoms with van der Waals surface area (Å²) in [5.74, 6) is 0. The molecule has 5 atom stereocenters. The van der Waals surface area contributed by atoms with E-state index in [0.717, 1.165) is 19.3 Å². The zero-order chi connectivity index (χ0) is 14.3. The van der Waals surface area contributed by atoms with Crippen molar-refractivity contribution in [1.82, 2.24) is 0 Å². The molecule has 1 unspecified atom stereocenters. The molecule has 1 fully saturated rings. The van der Waals surface area contributed by atoms with Gasteiger partial charge in [-0.15, -0.1) is 0 Å². The maximum absolute atomic E-state index is 9.72. The number of unbranched alkanes of at least 4 members (excludes halogenated alkanes) is 4. The summed E-state index contributed by atoms with van der Waals surface area (Å²) in [7, 11) is 0. The molecule has 0 spiro atoms. The summed E-state index contributed by atoms with van der Waals surface area (Å²) in [6, 6.07) is 0. The lowest BCUT2D eigenvalue weighted by Crippen LogP contribution is -2.59. The lowest BCUT2D eigenvalue weighted by molar-refractivity contribution is -0.301. The van der Waals surface area contributed by atoms with Crippen molar-refractivity contribution < 1.29 is 29.9 Å². The summed E-state index contributed by atoms with van der Waals surface area (Å²) in [5, 5.41) is 37.9. The van der Waals surface area contributed by atoms with E-state index in [4.69, 9.17) is 14.6 Å². The Balaban J connectivity index is 2.28. The SMILES string of the molecule is CCCCCCCOC1O[C@H](CO)[C@@H](O)[C@H](O)[C@@H]1O. The maximum atomic E-state index is 9.72. The summed E-state index contributed by atoms with van der Waals surface area (Å²) >= 11 is 0. The molecule has 0 bridgehead atoms. The normalized spacial score (nSPS) is 35.5. The second-order valence-corrected chi connectivity index (χ2v) is 4.98. The molecule has 19 heavy (non-hydrogen) atoms. The lowest BCUT2D eigenvalue weighted by Gasteiger charge is -2.39. The van der Waals surface area contributed by atoms with Crippen LogP contribution in [0.25, 0.3) is 0 Å². The quantitative estimate of drug-likeness (QED) is 0.458. The smallest absolute Gasteiger partial charge is 0.186 e. The van der Waals surface area contributed by atoms with Gasteiger partial charge in [-0.25, -0.2) is 0 Å². The average Bonchev–Trinajstić information content (AvgIpc) is 2.42. The third-order valence-corrected chi connectivity index (χ3v) is 3.38. The van der Waals surface area contributed by atoms with Crippen LogP contribution in [-0.2, 0) is 9.47 Å². The maximum Gasteiger partial charge on any atom is 0.186 e. The van der Waals surface area contributed by atoms with Crippen molar-refractivity contribution in [3.8, 4) is 0 Å². The van der Waals surface area contributed by atoms with Crippen LogP contribution in [0.4, 0.5) is 0 Å². The molecule has 114 valence electrons. The van der Waals surface area contributed by atoms with Crippen LogP contribution in [-0.4, -0.2) is 64.3 Å². The summed E-state index contributed by atoms with van der Waals surface area (Å²) in [4.78, 5) is 0. The highest BCUT2D eigenvalue weighted by molar-refractivity contribution is 4.88. The molecule has 0 aromatic carbocycles. The van der Waals surface area contributed by atoms with Gasteiger partial charge in [-0.2, -0.15) is 0 Å². The van der Waals surface area contributed by atoms with Crippen molar-refractivity contribution in [3.05, 3.63) is 0 Å². The molecule has 0 amide bonds. The van der Waals surface area contributed by atoms with Gasteiger partial charge in [0.25, 0.3) is 0 Å². The minimum absolute atomic E-state index is 0.423. The van der Waals surface area contributed by atoms with Crippen LogP contribution in [0.5, 0.6) is 0 Å². The summed E-state index contributed by atoms with van der Waals surface area (Å²) in [6.45, 7) is 2.14. The molecule has 0 radical (unpaired) electrons. The van der Waals surface area contributed by atoms with E-state index in [-0.39, 0.29) is 0 Å². The summed E-state index contributed by atoms with van der Waals surface area (Å²) < 4.78 is 10.6. The Kier molecular flexibility index (Phi) is 7.82. The van der Waals surface area contributed by atoms with Crippen molar-refractivity contribution in [1.29, 1.82) is 0 Å². The van der Waals surface area contributed by atoms with Crippen molar-refractivity contribution in [2.24, 2.45) is 0 Å². The molecule has 1 heterocycles. The zero-order valence-corrected chi connectivity index (χ0v) is 11.4. The number of aliphatic hydroxyl groups is 4. The second kappa shape index (κ2) is 8.84. The summed E-state index contributed by atoms with van der Waals surface area (Å²) in [6.07, 6.45) is -0.471. The molecule has 1 rings (SSSR count). The minimum Gasteiger partial charge on any atom is -0.394 e. The van der Waals surface area contributed by atoms with Crippen LogP contribution in [0.3, 0.4) is 0 Å². The van der Waals surface area contributed by atoms with Gasteiger partial charge in [0, 0.05) is 6.61 Å². The third-order valence-electron chi connectivity index (χ3n) is 3.38.